The second-order valence-electron chi connectivity index (χ2n) is 5.85. The van der Waals surface area contributed by atoms with Crippen LogP contribution in [0.4, 0.5) is 8.78 Å². The van der Waals surface area contributed by atoms with E-state index in [9.17, 15) is 8.78 Å². The van der Waals surface area contributed by atoms with Gasteiger partial charge in [0.05, 0.1) is 5.60 Å². The fourth-order valence-electron chi connectivity index (χ4n) is 3.48. The van der Waals surface area contributed by atoms with Crippen molar-refractivity contribution in [1.29, 1.82) is 0 Å². The van der Waals surface area contributed by atoms with Gasteiger partial charge in [-0.2, -0.15) is 0 Å². The van der Waals surface area contributed by atoms with Gasteiger partial charge in [0.2, 0.25) is 0 Å². The Bertz CT molecular complexity index is 453. The van der Waals surface area contributed by atoms with Crippen LogP contribution in [-0.4, -0.2) is 25.3 Å². The van der Waals surface area contributed by atoms with Crippen molar-refractivity contribution in [2.24, 2.45) is 0 Å². The largest absolute Gasteiger partial charge is 0.374 e. The number of hydrogen-bond donors (Lipinski definition) is 1. The molecule has 1 aliphatic rings. The van der Waals surface area contributed by atoms with E-state index in [-0.39, 0.29) is 11.6 Å². The third-order valence-corrected chi connectivity index (χ3v) is 4.54. The molecule has 1 N–H and O–H groups in total. The molecule has 1 unspecified atom stereocenters. The molecule has 1 aliphatic carbocycles. The van der Waals surface area contributed by atoms with Crippen molar-refractivity contribution in [2.75, 3.05) is 13.7 Å². The van der Waals surface area contributed by atoms with E-state index in [4.69, 9.17) is 4.74 Å². The first-order chi connectivity index (χ1) is 10.1. The Morgan fingerprint density at radius 3 is 2.48 bits per heavy atom. The lowest BCUT2D eigenvalue weighted by Crippen LogP contribution is -2.53. The highest BCUT2D eigenvalue weighted by molar-refractivity contribution is 5.20. The third kappa shape index (κ3) is 3.80. The third-order valence-electron chi connectivity index (χ3n) is 4.54. The lowest BCUT2D eigenvalue weighted by atomic mass is 9.77. The molecule has 0 aliphatic heterocycles. The zero-order valence-corrected chi connectivity index (χ0v) is 12.9. The zero-order chi connectivity index (χ0) is 15.3. The molecule has 0 saturated heterocycles. The van der Waals surface area contributed by atoms with Crippen LogP contribution in [0.1, 0.15) is 44.6 Å². The molecule has 1 aromatic rings. The van der Waals surface area contributed by atoms with Gasteiger partial charge in [-0.05, 0) is 50.9 Å². The summed E-state index contributed by atoms with van der Waals surface area (Å²) >= 11 is 0. The molecule has 4 heteroatoms. The standard InChI is InChI=1S/C17H25F2NO/c1-3-21-17(9-5-4-6-10-17)16(20-2)12-13-7-8-14(18)15(19)11-13/h7-8,11,16,20H,3-6,9-10,12H2,1-2H3. The van der Waals surface area contributed by atoms with E-state index in [1.807, 2.05) is 14.0 Å². The van der Waals surface area contributed by atoms with E-state index in [0.29, 0.717) is 13.0 Å². The molecule has 0 radical (unpaired) electrons. The molecule has 2 nitrogen and oxygen atoms in total. The maximum atomic E-state index is 13.4. The van der Waals surface area contributed by atoms with E-state index >= 15 is 0 Å². The Balaban J connectivity index is 2.17. The highest BCUT2D eigenvalue weighted by Crippen LogP contribution is 2.35. The molecule has 0 bridgehead atoms. The minimum Gasteiger partial charge on any atom is -0.374 e. The first-order valence-electron chi connectivity index (χ1n) is 7.86. The van der Waals surface area contributed by atoms with Crippen molar-refractivity contribution >= 4 is 0 Å². The second kappa shape index (κ2) is 7.32. The van der Waals surface area contributed by atoms with Crippen molar-refractivity contribution in [2.45, 2.75) is 57.1 Å². The fraction of sp³-hybridized carbons (Fsp3) is 0.647. The second-order valence-corrected chi connectivity index (χ2v) is 5.85. The summed E-state index contributed by atoms with van der Waals surface area (Å²) in [5.74, 6) is -1.58. The van der Waals surface area contributed by atoms with Gasteiger partial charge in [0, 0.05) is 12.6 Å². The van der Waals surface area contributed by atoms with Crippen LogP contribution in [0.2, 0.25) is 0 Å². The van der Waals surface area contributed by atoms with Gasteiger partial charge >= 0.3 is 0 Å². The number of halogens is 2. The van der Waals surface area contributed by atoms with Crippen LogP contribution in [0.15, 0.2) is 18.2 Å². The number of likely N-dealkylation sites (N-methyl/N-ethyl adjacent to an activating group) is 1. The highest BCUT2D eigenvalue weighted by Gasteiger charge is 2.39. The van der Waals surface area contributed by atoms with Gasteiger partial charge in [-0.15, -0.1) is 0 Å². The Kier molecular flexibility index (Phi) is 5.71. The summed E-state index contributed by atoms with van der Waals surface area (Å²) in [5, 5.41) is 3.34. The average Bonchev–Trinajstić information content (AvgIpc) is 2.49. The number of nitrogens with one attached hydrogen (secondary N) is 1. The van der Waals surface area contributed by atoms with E-state index < -0.39 is 11.6 Å². The van der Waals surface area contributed by atoms with Crippen LogP contribution in [0, 0.1) is 11.6 Å². The molecule has 118 valence electrons. The first-order valence-corrected chi connectivity index (χ1v) is 7.86. The normalized spacial score (nSPS) is 19.4. The quantitative estimate of drug-likeness (QED) is 0.861. The SMILES string of the molecule is CCOC1(C(Cc2ccc(F)c(F)c2)NC)CCCCC1. The predicted octanol–water partition coefficient (Wildman–Crippen LogP) is 3.83. The molecule has 1 atom stereocenters. The number of hydrogen-bond acceptors (Lipinski definition) is 2. The van der Waals surface area contributed by atoms with E-state index in [1.165, 1.54) is 18.6 Å². The summed E-state index contributed by atoms with van der Waals surface area (Å²) in [7, 11) is 1.92. The first kappa shape index (κ1) is 16.4. The van der Waals surface area contributed by atoms with Gasteiger partial charge in [-0.3, -0.25) is 0 Å². The van der Waals surface area contributed by atoms with Crippen LogP contribution in [0.25, 0.3) is 0 Å². The molecule has 1 fully saturated rings. The zero-order valence-electron chi connectivity index (χ0n) is 12.9. The molecular formula is C17H25F2NO. The van der Waals surface area contributed by atoms with Crippen molar-refractivity contribution in [3.8, 4) is 0 Å². The number of ether oxygens (including phenoxy) is 1. The van der Waals surface area contributed by atoms with Gasteiger partial charge in [-0.1, -0.05) is 25.3 Å². The van der Waals surface area contributed by atoms with Gasteiger partial charge in [0.15, 0.2) is 11.6 Å². The van der Waals surface area contributed by atoms with Crippen LogP contribution < -0.4 is 5.32 Å². The predicted molar refractivity (Wildman–Crippen MR) is 80.4 cm³/mol. The molecule has 0 amide bonds. The Hall–Kier alpha value is -1.00. The molecule has 0 heterocycles. The molecule has 0 spiro atoms. The highest BCUT2D eigenvalue weighted by atomic mass is 19.2. The Morgan fingerprint density at radius 2 is 1.90 bits per heavy atom. The summed E-state index contributed by atoms with van der Waals surface area (Å²) in [6.07, 6.45) is 6.27. The monoisotopic (exact) mass is 297 g/mol. The topological polar surface area (TPSA) is 21.3 Å². The molecule has 1 saturated carbocycles. The van der Waals surface area contributed by atoms with Crippen molar-refractivity contribution < 1.29 is 13.5 Å². The molecule has 21 heavy (non-hydrogen) atoms. The van der Waals surface area contributed by atoms with Crippen LogP contribution in [0.5, 0.6) is 0 Å². The van der Waals surface area contributed by atoms with Crippen LogP contribution in [0.3, 0.4) is 0 Å². The maximum absolute atomic E-state index is 13.4. The summed E-state index contributed by atoms with van der Waals surface area (Å²) in [5.41, 5.74) is 0.616. The Labute approximate surface area is 125 Å². The van der Waals surface area contributed by atoms with Crippen molar-refractivity contribution in [1.82, 2.24) is 5.32 Å². The summed E-state index contributed by atoms with van der Waals surface area (Å²) in [6, 6.07) is 4.27. The maximum Gasteiger partial charge on any atom is 0.159 e. The van der Waals surface area contributed by atoms with Crippen molar-refractivity contribution in [3.63, 3.8) is 0 Å². The van der Waals surface area contributed by atoms with Gasteiger partial charge in [0.1, 0.15) is 0 Å². The van der Waals surface area contributed by atoms with Gasteiger partial charge in [-0.25, -0.2) is 8.78 Å². The summed E-state index contributed by atoms with van der Waals surface area (Å²) < 4.78 is 32.6. The van der Waals surface area contributed by atoms with Crippen LogP contribution in [-0.2, 0) is 11.2 Å². The fourth-order valence-corrected chi connectivity index (χ4v) is 3.48. The lowest BCUT2D eigenvalue weighted by molar-refractivity contribution is -0.0883. The molecule has 2 rings (SSSR count). The van der Waals surface area contributed by atoms with Gasteiger partial charge in [0.25, 0.3) is 0 Å². The molecule has 0 aromatic heterocycles. The van der Waals surface area contributed by atoms with E-state index in [0.717, 1.165) is 31.2 Å². The van der Waals surface area contributed by atoms with Crippen LogP contribution >= 0.6 is 0 Å². The Morgan fingerprint density at radius 1 is 1.19 bits per heavy atom. The minimum atomic E-state index is -0.794. The smallest absolute Gasteiger partial charge is 0.159 e. The minimum absolute atomic E-state index is 0.114. The average molecular weight is 297 g/mol. The number of benzene rings is 1. The van der Waals surface area contributed by atoms with E-state index in [2.05, 4.69) is 5.32 Å². The van der Waals surface area contributed by atoms with Gasteiger partial charge < -0.3 is 10.1 Å². The summed E-state index contributed by atoms with van der Waals surface area (Å²) in [4.78, 5) is 0. The van der Waals surface area contributed by atoms with E-state index in [1.54, 1.807) is 6.07 Å². The summed E-state index contributed by atoms with van der Waals surface area (Å²) in [6.45, 7) is 2.69. The lowest BCUT2D eigenvalue weighted by Gasteiger charge is -2.43. The van der Waals surface area contributed by atoms with Crippen molar-refractivity contribution in [3.05, 3.63) is 35.4 Å². The molecule has 1 aromatic carbocycles. The molecular weight excluding hydrogens is 272 g/mol. The number of rotatable bonds is 6.